The molecule has 0 heterocycles. The first kappa shape index (κ1) is 14.3. The fourth-order valence-corrected chi connectivity index (χ4v) is 2.82. The Labute approximate surface area is 124 Å². The Morgan fingerprint density at radius 3 is 2.68 bits per heavy atom. The summed E-state index contributed by atoms with van der Waals surface area (Å²) in [4.78, 5) is 1.29. The van der Waals surface area contributed by atoms with Crippen molar-refractivity contribution in [1.29, 1.82) is 0 Å². The van der Waals surface area contributed by atoms with Gasteiger partial charge in [0.25, 0.3) is 0 Å². The Kier molecular flexibility index (Phi) is 5.17. The molecule has 3 heteroatoms. The number of hydrogen-bond donors (Lipinski definition) is 1. The summed E-state index contributed by atoms with van der Waals surface area (Å²) in [6.07, 6.45) is 0. The van der Waals surface area contributed by atoms with Crippen LogP contribution in [0.5, 0.6) is 0 Å². The molecule has 0 fully saturated rings. The predicted molar refractivity (Wildman–Crippen MR) is 86.4 cm³/mol. The third-order valence-electron chi connectivity index (χ3n) is 2.91. The molecule has 100 valence electrons. The van der Waals surface area contributed by atoms with E-state index in [0.29, 0.717) is 0 Å². The third kappa shape index (κ3) is 3.92. The van der Waals surface area contributed by atoms with E-state index in [1.54, 1.807) is 0 Å². The third-order valence-corrected chi connectivity index (χ3v) is 4.27. The lowest BCUT2D eigenvalue weighted by Crippen LogP contribution is -2.00. The first-order valence-corrected chi connectivity index (χ1v) is 7.77. The molecule has 1 N–H and O–H groups in total. The van der Waals surface area contributed by atoms with Crippen LogP contribution in [0, 0.1) is 6.92 Å². The summed E-state index contributed by atoms with van der Waals surface area (Å²) >= 11 is 8.00. The average Bonchev–Trinajstić information content (AvgIpc) is 2.42. The zero-order valence-electron chi connectivity index (χ0n) is 11.2. The van der Waals surface area contributed by atoms with Crippen LogP contribution < -0.4 is 5.32 Å². The minimum atomic E-state index is 0.793. The van der Waals surface area contributed by atoms with Crippen molar-refractivity contribution in [3.05, 3.63) is 58.6 Å². The van der Waals surface area contributed by atoms with Gasteiger partial charge < -0.3 is 5.32 Å². The van der Waals surface area contributed by atoms with Crippen molar-refractivity contribution in [2.24, 2.45) is 0 Å². The molecular formula is C16H18ClNS. The molecule has 0 aliphatic carbocycles. The van der Waals surface area contributed by atoms with E-state index in [2.05, 4.69) is 48.6 Å². The molecule has 19 heavy (non-hydrogen) atoms. The number of rotatable bonds is 5. The monoisotopic (exact) mass is 291 g/mol. The van der Waals surface area contributed by atoms with Crippen LogP contribution in [0.4, 0.5) is 5.69 Å². The lowest BCUT2D eigenvalue weighted by atomic mass is 10.1. The van der Waals surface area contributed by atoms with E-state index < -0.39 is 0 Å². The van der Waals surface area contributed by atoms with Crippen molar-refractivity contribution >= 4 is 29.1 Å². The second-order valence-corrected chi connectivity index (χ2v) is 6.08. The minimum absolute atomic E-state index is 0.793. The Morgan fingerprint density at radius 2 is 1.95 bits per heavy atom. The van der Waals surface area contributed by atoms with Crippen LogP contribution in [-0.4, -0.2) is 5.75 Å². The van der Waals surface area contributed by atoms with Gasteiger partial charge in [0.2, 0.25) is 0 Å². The van der Waals surface area contributed by atoms with Crippen molar-refractivity contribution in [3.63, 3.8) is 0 Å². The summed E-state index contributed by atoms with van der Waals surface area (Å²) in [5, 5.41) is 4.31. The van der Waals surface area contributed by atoms with E-state index in [9.17, 15) is 0 Å². The van der Waals surface area contributed by atoms with Crippen LogP contribution >= 0.6 is 23.4 Å². The highest BCUT2D eigenvalue weighted by molar-refractivity contribution is 7.99. The molecular weight excluding hydrogens is 274 g/mol. The number of thioether (sulfide) groups is 1. The van der Waals surface area contributed by atoms with Crippen molar-refractivity contribution in [2.75, 3.05) is 11.1 Å². The van der Waals surface area contributed by atoms with Gasteiger partial charge in [-0.15, -0.1) is 11.8 Å². The smallest absolute Gasteiger partial charge is 0.0481 e. The number of anilines is 1. The largest absolute Gasteiger partial charge is 0.380 e. The molecule has 0 unspecified atom stereocenters. The second kappa shape index (κ2) is 6.88. The number of nitrogens with one attached hydrogen (secondary N) is 1. The molecule has 0 saturated heterocycles. The van der Waals surface area contributed by atoms with Gasteiger partial charge in [0.1, 0.15) is 0 Å². The number of aryl methyl sites for hydroxylation is 1. The van der Waals surface area contributed by atoms with E-state index in [1.807, 2.05) is 24.8 Å². The van der Waals surface area contributed by atoms with E-state index >= 15 is 0 Å². The highest BCUT2D eigenvalue weighted by Gasteiger charge is 2.02. The zero-order valence-corrected chi connectivity index (χ0v) is 12.8. The lowest BCUT2D eigenvalue weighted by molar-refractivity contribution is 1.13. The lowest BCUT2D eigenvalue weighted by Gasteiger charge is -2.11. The molecule has 0 saturated carbocycles. The van der Waals surface area contributed by atoms with Crippen LogP contribution in [0.25, 0.3) is 0 Å². The fourth-order valence-electron chi connectivity index (χ4n) is 1.84. The van der Waals surface area contributed by atoms with Crippen LogP contribution in [0.1, 0.15) is 18.1 Å². The van der Waals surface area contributed by atoms with Gasteiger partial charge in [-0.1, -0.05) is 42.8 Å². The summed E-state index contributed by atoms with van der Waals surface area (Å²) in [7, 11) is 0. The predicted octanol–water partition coefficient (Wildman–Crippen LogP) is 5.37. The van der Waals surface area contributed by atoms with Gasteiger partial charge in [-0.25, -0.2) is 0 Å². The molecule has 0 amide bonds. The summed E-state index contributed by atoms with van der Waals surface area (Å²) in [6, 6.07) is 14.6. The molecule has 1 nitrogen and oxygen atoms in total. The summed E-state index contributed by atoms with van der Waals surface area (Å²) < 4.78 is 0. The molecule has 0 bridgehead atoms. The van der Waals surface area contributed by atoms with Gasteiger partial charge in [-0.3, -0.25) is 0 Å². The Bertz CT molecular complexity index is 554. The molecule has 0 aliphatic heterocycles. The van der Waals surface area contributed by atoms with Crippen LogP contribution in [-0.2, 0) is 6.54 Å². The van der Waals surface area contributed by atoms with E-state index in [1.165, 1.54) is 16.1 Å². The van der Waals surface area contributed by atoms with Crippen molar-refractivity contribution < 1.29 is 0 Å². The molecule has 2 aromatic carbocycles. The maximum Gasteiger partial charge on any atom is 0.0481 e. The normalized spacial score (nSPS) is 10.5. The van der Waals surface area contributed by atoms with E-state index in [0.717, 1.165) is 22.9 Å². The van der Waals surface area contributed by atoms with Gasteiger partial charge in [-0.05, 0) is 42.0 Å². The number of halogens is 1. The van der Waals surface area contributed by atoms with Crippen LogP contribution in [0.2, 0.25) is 5.02 Å². The van der Waals surface area contributed by atoms with Crippen molar-refractivity contribution in [1.82, 2.24) is 0 Å². The molecule has 0 aliphatic rings. The second-order valence-electron chi connectivity index (χ2n) is 4.37. The quantitative estimate of drug-likeness (QED) is 0.743. The topological polar surface area (TPSA) is 12.0 Å². The summed E-state index contributed by atoms with van der Waals surface area (Å²) in [6.45, 7) is 4.98. The van der Waals surface area contributed by atoms with Gasteiger partial charge in [-0.2, -0.15) is 0 Å². The maximum atomic E-state index is 6.14. The average molecular weight is 292 g/mol. The summed E-state index contributed by atoms with van der Waals surface area (Å²) in [5.74, 6) is 1.08. The van der Waals surface area contributed by atoms with Gasteiger partial charge in [0, 0.05) is 22.2 Å². The van der Waals surface area contributed by atoms with Crippen molar-refractivity contribution in [2.45, 2.75) is 25.3 Å². The molecule has 0 atom stereocenters. The number of benzene rings is 2. The van der Waals surface area contributed by atoms with E-state index in [4.69, 9.17) is 11.6 Å². The fraction of sp³-hybridized carbons (Fsp3) is 0.250. The SMILES string of the molecule is CCSc1ccccc1NCc1ccc(C)c(Cl)c1. The Hall–Kier alpha value is -1.12. The molecule has 2 aromatic rings. The summed E-state index contributed by atoms with van der Waals surface area (Å²) in [5.41, 5.74) is 3.50. The first-order valence-electron chi connectivity index (χ1n) is 6.41. The van der Waals surface area contributed by atoms with Crippen LogP contribution in [0.3, 0.4) is 0 Å². The molecule has 0 spiro atoms. The Balaban J connectivity index is 2.07. The Morgan fingerprint density at radius 1 is 1.16 bits per heavy atom. The first-order chi connectivity index (χ1) is 9.20. The van der Waals surface area contributed by atoms with Crippen LogP contribution in [0.15, 0.2) is 47.4 Å². The zero-order chi connectivity index (χ0) is 13.7. The maximum absolute atomic E-state index is 6.14. The van der Waals surface area contributed by atoms with Crippen molar-refractivity contribution in [3.8, 4) is 0 Å². The highest BCUT2D eigenvalue weighted by Crippen LogP contribution is 2.27. The molecule has 0 radical (unpaired) electrons. The van der Waals surface area contributed by atoms with Gasteiger partial charge in [0.15, 0.2) is 0 Å². The highest BCUT2D eigenvalue weighted by atomic mass is 35.5. The van der Waals surface area contributed by atoms with Gasteiger partial charge >= 0.3 is 0 Å². The van der Waals surface area contributed by atoms with E-state index in [-0.39, 0.29) is 0 Å². The standard InChI is InChI=1S/C16H18ClNS/c1-3-19-16-7-5-4-6-15(16)18-11-13-9-8-12(2)14(17)10-13/h4-10,18H,3,11H2,1-2H3. The number of hydrogen-bond acceptors (Lipinski definition) is 2. The number of para-hydroxylation sites is 1. The minimum Gasteiger partial charge on any atom is -0.380 e. The molecule has 2 rings (SSSR count). The molecule has 0 aromatic heterocycles. The van der Waals surface area contributed by atoms with Gasteiger partial charge in [0.05, 0.1) is 0 Å².